The molecule has 2 aromatic carbocycles. The number of amides is 1. The maximum atomic E-state index is 12.6. The second-order valence-electron chi connectivity index (χ2n) is 6.11. The van der Waals surface area contributed by atoms with Crippen LogP contribution in [-0.4, -0.2) is 45.3 Å². The van der Waals surface area contributed by atoms with Gasteiger partial charge in [0.05, 0.1) is 32.4 Å². The Labute approximate surface area is 173 Å². The number of nitrogens with zero attached hydrogens (tertiary/aromatic N) is 1. The van der Waals surface area contributed by atoms with Crippen LogP contribution in [0, 0.1) is 0 Å². The zero-order valence-electron chi connectivity index (χ0n) is 16.4. The van der Waals surface area contributed by atoms with E-state index in [0.29, 0.717) is 40.9 Å². The Kier molecular flexibility index (Phi) is 6.61. The topological polar surface area (TPSA) is 81.7 Å². The number of carbonyl (C=O) groups excluding carboxylic acids is 1. The molecule has 1 amide bonds. The van der Waals surface area contributed by atoms with E-state index in [2.05, 4.69) is 15.6 Å². The van der Waals surface area contributed by atoms with Crippen LogP contribution in [0.4, 0.5) is 5.69 Å². The summed E-state index contributed by atoms with van der Waals surface area (Å²) in [7, 11) is 4.54. The van der Waals surface area contributed by atoms with Crippen molar-refractivity contribution in [2.24, 2.45) is 0 Å². The van der Waals surface area contributed by atoms with Gasteiger partial charge in [-0.3, -0.25) is 9.78 Å². The summed E-state index contributed by atoms with van der Waals surface area (Å²) in [5.74, 6) is 1.09. The number of nitrogens with one attached hydrogen (secondary N) is 2. The van der Waals surface area contributed by atoms with Crippen molar-refractivity contribution in [2.75, 3.05) is 39.7 Å². The van der Waals surface area contributed by atoms with E-state index >= 15 is 0 Å². The Morgan fingerprint density at radius 1 is 0.966 bits per heavy atom. The van der Waals surface area contributed by atoms with E-state index < -0.39 is 0 Å². The fourth-order valence-electron chi connectivity index (χ4n) is 2.95. The minimum atomic E-state index is -0.268. The molecule has 29 heavy (non-hydrogen) atoms. The number of fused-ring (bicyclic) bond motifs is 1. The first kappa shape index (κ1) is 20.5. The number of anilines is 1. The average molecular weight is 416 g/mol. The van der Waals surface area contributed by atoms with Gasteiger partial charge in [-0.1, -0.05) is 11.6 Å². The summed E-state index contributed by atoms with van der Waals surface area (Å²) in [6.07, 6.45) is 1.72. The van der Waals surface area contributed by atoms with Crippen LogP contribution in [0.25, 0.3) is 10.9 Å². The largest absolute Gasteiger partial charge is 0.496 e. The number of aromatic nitrogens is 1. The molecule has 1 aromatic heterocycles. The molecule has 1 heterocycles. The molecular formula is C21H22ClN3O4. The number of rotatable bonds is 8. The smallest absolute Gasteiger partial charge is 0.255 e. The third-order valence-corrected chi connectivity index (χ3v) is 4.62. The molecule has 0 saturated carbocycles. The highest BCUT2D eigenvalue weighted by Gasteiger charge is 2.17. The number of benzene rings is 2. The van der Waals surface area contributed by atoms with Crippen LogP contribution in [0.1, 0.15) is 10.4 Å². The van der Waals surface area contributed by atoms with Crippen molar-refractivity contribution in [1.29, 1.82) is 0 Å². The van der Waals surface area contributed by atoms with Crippen LogP contribution in [0.3, 0.4) is 0 Å². The SMILES string of the molecule is COc1cc(OC)c(C(=O)NCCNc2ccnc3cc(Cl)ccc23)cc1OC. The molecule has 2 N–H and O–H groups in total. The van der Waals surface area contributed by atoms with Gasteiger partial charge in [-0.15, -0.1) is 0 Å². The molecule has 0 atom stereocenters. The molecule has 0 aliphatic heterocycles. The summed E-state index contributed by atoms with van der Waals surface area (Å²) in [5.41, 5.74) is 2.10. The summed E-state index contributed by atoms with van der Waals surface area (Å²) in [5, 5.41) is 7.79. The minimum absolute atomic E-state index is 0.268. The molecule has 0 aliphatic rings. The van der Waals surface area contributed by atoms with Crippen molar-refractivity contribution < 1.29 is 19.0 Å². The zero-order chi connectivity index (χ0) is 20.8. The highest BCUT2D eigenvalue weighted by Crippen LogP contribution is 2.34. The Morgan fingerprint density at radius 2 is 1.69 bits per heavy atom. The van der Waals surface area contributed by atoms with Gasteiger partial charge in [-0.2, -0.15) is 0 Å². The second-order valence-corrected chi connectivity index (χ2v) is 6.55. The molecule has 0 saturated heterocycles. The Hall–Kier alpha value is -3.19. The van der Waals surface area contributed by atoms with Gasteiger partial charge in [0.15, 0.2) is 11.5 Å². The van der Waals surface area contributed by atoms with Crippen LogP contribution in [-0.2, 0) is 0 Å². The number of carbonyl (C=O) groups is 1. The Balaban J connectivity index is 1.65. The van der Waals surface area contributed by atoms with Crippen molar-refractivity contribution in [3.8, 4) is 17.2 Å². The lowest BCUT2D eigenvalue weighted by atomic mass is 10.1. The molecule has 3 rings (SSSR count). The number of halogens is 1. The summed E-state index contributed by atoms with van der Waals surface area (Å²) in [6, 6.07) is 10.7. The lowest BCUT2D eigenvalue weighted by Gasteiger charge is -2.14. The van der Waals surface area contributed by atoms with Crippen LogP contribution in [0.2, 0.25) is 5.02 Å². The molecule has 3 aromatic rings. The molecule has 7 nitrogen and oxygen atoms in total. The van der Waals surface area contributed by atoms with Gasteiger partial charge in [-0.05, 0) is 24.3 Å². The maximum absolute atomic E-state index is 12.6. The van der Waals surface area contributed by atoms with Crippen molar-refractivity contribution >= 4 is 34.1 Å². The van der Waals surface area contributed by atoms with E-state index in [1.807, 2.05) is 24.3 Å². The normalized spacial score (nSPS) is 10.5. The van der Waals surface area contributed by atoms with Gasteiger partial charge < -0.3 is 24.8 Å². The summed E-state index contributed by atoms with van der Waals surface area (Å²) >= 11 is 6.02. The lowest BCUT2D eigenvalue weighted by Crippen LogP contribution is -2.29. The third-order valence-electron chi connectivity index (χ3n) is 4.38. The molecular weight excluding hydrogens is 394 g/mol. The quantitative estimate of drug-likeness (QED) is 0.545. The monoisotopic (exact) mass is 415 g/mol. The molecule has 0 spiro atoms. The van der Waals surface area contributed by atoms with Crippen molar-refractivity contribution in [2.45, 2.75) is 0 Å². The molecule has 0 radical (unpaired) electrons. The van der Waals surface area contributed by atoms with E-state index in [-0.39, 0.29) is 5.91 Å². The predicted octanol–water partition coefficient (Wildman–Crippen LogP) is 3.76. The maximum Gasteiger partial charge on any atom is 0.255 e. The van der Waals surface area contributed by atoms with E-state index in [0.717, 1.165) is 16.6 Å². The third kappa shape index (κ3) is 4.63. The Bertz CT molecular complexity index is 1030. The van der Waals surface area contributed by atoms with Crippen molar-refractivity contribution in [3.05, 3.63) is 53.2 Å². The highest BCUT2D eigenvalue weighted by atomic mass is 35.5. The fraction of sp³-hybridized carbons (Fsp3) is 0.238. The van der Waals surface area contributed by atoms with E-state index in [4.69, 9.17) is 25.8 Å². The molecule has 8 heteroatoms. The first-order valence-corrected chi connectivity index (χ1v) is 9.31. The van der Waals surface area contributed by atoms with Crippen molar-refractivity contribution in [3.63, 3.8) is 0 Å². The second kappa shape index (κ2) is 9.34. The molecule has 152 valence electrons. The number of ether oxygens (including phenoxy) is 3. The fourth-order valence-corrected chi connectivity index (χ4v) is 3.12. The van der Waals surface area contributed by atoms with Crippen LogP contribution in [0.5, 0.6) is 17.2 Å². The summed E-state index contributed by atoms with van der Waals surface area (Å²) in [4.78, 5) is 16.9. The highest BCUT2D eigenvalue weighted by molar-refractivity contribution is 6.31. The molecule has 0 bridgehead atoms. The lowest BCUT2D eigenvalue weighted by molar-refractivity contribution is 0.0951. The summed E-state index contributed by atoms with van der Waals surface area (Å²) < 4.78 is 15.8. The van der Waals surface area contributed by atoms with Crippen LogP contribution < -0.4 is 24.8 Å². The summed E-state index contributed by atoms with van der Waals surface area (Å²) in [6.45, 7) is 0.941. The first-order valence-electron chi connectivity index (χ1n) is 8.93. The van der Waals surface area contributed by atoms with E-state index in [9.17, 15) is 4.79 Å². The Morgan fingerprint density at radius 3 is 2.41 bits per heavy atom. The molecule has 0 fully saturated rings. The van der Waals surface area contributed by atoms with Gasteiger partial charge in [0.1, 0.15) is 5.75 Å². The number of pyridine rings is 1. The standard InChI is InChI=1S/C21H22ClN3O4/c1-27-18-12-20(29-3)19(28-2)11-15(18)21(26)25-9-8-24-16-6-7-23-17-10-13(22)4-5-14(16)17/h4-7,10-12H,8-9H2,1-3H3,(H,23,24)(H,25,26). The molecule has 0 aliphatic carbocycles. The van der Waals surface area contributed by atoms with Gasteiger partial charge in [0, 0.05) is 47.5 Å². The number of methoxy groups -OCH3 is 3. The molecule has 0 unspecified atom stereocenters. The predicted molar refractivity (Wildman–Crippen MR) is 114 cm³/mol. The average Bonchev–Trinajstić information content (AvgIpc) is 2.75. The minimum Gasteiger partial charge on any atom is -0.496 e. The van der Waals surface area contributed by atoms with Crippen molar-refractivity contribution in [1.82, 2.24) is 10.3 Å². The van der Waals surface area contributed by atoms with Crippen LogP contribution in [0.15, 0.2) is 42.6 Å². The van der Waals surface area contributed by atoms with Gasteiger partial charge in [-0.25, -0.2) is 0 Å². The first-order chi connectivity index (χ1) is 14.1. The van der Waals surface area contributed by atoms with E-state index in [1.165, 1.54) is 21.3 Å². The van der Waals surface area contributed by atoms with Gasteiger partial charge in [0.25, 0.3) is 5.91 Å². The van der Waals surface area contributed by atoms with E-state index in [1.54, 1.807) is 18.3 Å². The number of hydrogen-bond donors (Lipinski definition) is 2. The van der Waals surface area contributed by atoms with Gasteiger partial charge >= 0.3 is 0 Å². The zero-order valence-corrected chi connectivity index (χ0v) is 17.2. The van der Waals surface area contributed by atoms with Gasteiger partial charge in [0.2, 0.25) is 0 Å². The van der Waals surface area contributed by atoms with Crippen LogP contribution >= 0.6 is 11.6 Å². The number of hydrogen-bond acceptors (Lipinski definition) is 6.